The second-order valence-corrected chi connectivity index (χ2v) is 0.158. The van der Waals surface area contributed by atoms with Crippen molar-refractivity contribution in [1.82, 2.24) is 0 Å². The summed E-state index contributed by atoms with van der Waals surface area (Å²) in [4.78, 5) is 0. The summed E-state index contributed by atoms with van der Waals surface area (Å²) in [6, 6.07) is 1.50. The van der Waals surface area contributed by atoms with E-state index in [1.807, 2.05) is 0 Å². The minimum Gasteiger partial charge on any atom is -0.305 e. The van der Waals surface area contributed by atoms with Gasteiger partial charge in [-0.1, -0.05) is 0 Å². The van der Waals surface area contributed by atoms with Gasteiger partial charge in [-0.05, 0) is 0 Å². The first-order valence-electron chi connectivity index (χ1n) is 0.577. The largest absolute Gasteiger partial charge is 0.305 e. The first-order valence-corrected chi connectivity index (χ1v) is 0.577. The van der Waals surface area contributed by atoms with Crippen LogP contribution in [-0.4, -0.2) is 0 Å². The van der Waals surface area contributed by atoms with Gasteiger partial charge in [0.25, 0.3) is 0 Å². The summed E-state index contributed by atoms with van der Waals surface area (Å²) < 4.78 is 0. The third-order valence-corrected chi connectivity index (χ3v) is 0. The van der Waals surface area contributed by atoms with Crippen LogP contribution >= 0.6 is 0 Å². The van der Waals surface area contributed by atoms with Crippen molar-refractivity contribution in [2.45, 2.75) is 0 Å². The number of nitriles is 1. The average Bonchev–Trinajstić information content (AvgIpc) is 0.918. The van der Waals surface area contributed by atoms with Gasteiger partial charge in [0, 0.05) is 253 Å². The maximum atomic E-state index is 7.21. The Hall–Kier alpha value is 7.62. The Bertz CT molecular complexity index is 35.1. The third kappa shape index (κ3) is 143. The zero-order valence-corrected chi connectivity index (χ0v) is 41.8. The zero-order valence-electron chi connectivity index (χ0n) is 6.55. The van der Waals surface area contributed by atoms with E-state index in [1.54, 1.807) is 0 Å². The van der Waals surface area contributed by atoms with Crippen molar-refractivity contribution >= 4 is 0 Å². The van der Waals surface area contributed by atoms with Crippen LogP contribution in [-0.2, 0) is 253 Å². The number of hydrogen-bond donors (Lipinski definition) is 0. The topological polar surface area (TPSA) is 23.8 Å². The fourth-order valence-electron chi connectivity index (χ4n) is 0. The maximum Gasteiger partial charge on any atom is 0 e. The van der Waals surface area contributed by atoms with Gasteiger partial charge in [0.15, 0.2) is 0 Å². The van der Waals surface area contributed by atoms with Gasteiger partial charge in [-0.2, -0.15) is 0 Å². The van der Waals surface area contributed by atoms with E-state index in [0.717, 1.165) is 0 Å². The molecule has 13 heteroatoms. The SMILES string of the molecule is [CH2-]C#N.[W].[W].[W].[W].[W].[W].[W].[W].[W].[W].[W].[W]. The van der Waals surface area contributed by atoms with Gasteiger partial charge in [0.2, 0.25) is 0 Å². The third-order valence-electron chi connectivity index (χ3n) is 0. The normalized spacial score (nSPS) is 0.467. The van der Waals surface area contributed by atoms with Crippen LogP contribution in [0.5, 0.6) is 0 Å². The zero-order chi connectivity index (χ0) is 2.71. The van der Waals surface area contributed by atoms with Crippen LogP contribution in [0.15, 0.2) is 0 Å². The molecule has 15 heavy (non-hydrogen) atoms. The van der Waals surface area contributed by atoms with Crippen molar-refractivity contribution in [2.75, 3.05) is 0 Å². The quantitative estimate of drug-likeness (QED) is 0.322. The Morgan fingerprint density at radius 3 is 0.467 bits per heavy atom. The van der Waals surface area contributed by atoms with Gasteiger partial charge in [-0.15, -0.1) is 6.07 Å². The van der Waals surface area contributed by atoms with E-state index in [-0.39, 0.29) is 253 Å². The van der Waals surface area contributed by atoms with Crippen LogP contribution in [0.25, 0.3) is 0 Å². The van der Waals surface area contributed by atoms with Gasteiger partial charge in [0.05, 0.1) is 0 Å². The molecule has 0 aliphatic rings. The number of hydrogen-bond acceptors (Lipinski definition) is 1. The molecule has 0 N–H and O–H groups in total. The van der Waals surface area contributed by atoms with Crippen molar-refractivity contribution in [3.8, 4) is 6.07 Å². The predicted molar refractivity (Wildman–Crippen MR) is 11.0 cm³/mol. The van der Waals surface area contributed by atoms with Crippen molar-refractivity contribution in [2.24, 2.45) is 0 Å². The molecule has 0 radical (unpaired) electrons. The van der Waals surface area contributed by atoms with Crippen LogP contribution < -0.4 is 0 Å². The molecule has 0 aliphatic heterocycles. The maximum absolute atomic E-state index is 7.21. The summed E-state index contributed by atoms with van der Waals surface area (Å²) in [5, 5.41) is 7.21. The van der Waals surface area contributed by atoms with Gasteiger partial charge < -0.3 is 6.92 Å². The van der Waals surface area contributed by atoms with Crippen LogP contribution in [0.2, 0.25) is 0 Å². The average molecular weight is 2250 g/mol. The van der Waals surface area contributed by atoms with Crippen LogP contribution in [0.1, 0.15) is 0 Å². The number of rotatable bonds is 0. The summed E-state index contributed by atoms with van der Waals surface area (Å²) in [6.07, 6.45) is 0. The van der Waals surface area contributed by atoms with Gasteiger partial charge in [-0.3, -0.25) is 0 Å². The summed E-state index contributed by atoms with van der Waals surface area (Å²) in [5.41, 5.74) is 0. The standard InChI is InChI=1S/C2H2N.12W/c1-2-3;;;;;;;;;;;;/h1H2;;;;;;;;;;;;/q-1;;;;;;;;;;;;. The Morgan fingerprint density at radius 2 is 0.467 bits per heavy atom. The molecule has 88 valence electrons. The molecule has 0 aromatic rings. The first kappa shape index (κ1) is 114. The Balaban J connectivity index is -0.000000000303. The summed E-state index contributed by atoms with van der Waals surface area (Å²) in [7, 11) is 0. The molecular formula is C2H2NW12-. The minimum absolute atomic E-state index is 0. The van der Waals surface area contributed by atoms with E-state index in [1.165, 1.54) is 6.07 Å². The summed E-state index contributed by atoms with van der Waals surface area (Å²) >= 11 is 0. The summed E-state index contributed by atoms with van der Waals surface area (Å²) in [5.74, 6) is 0. The van der Waals surface area contributed by atoms with Crippen molar-refractivity contribution in [1.29, 1.82) is 5.26 Å². The van der Waals surface area contributed by atoms with E-state index in [2.05, 4.69) is 6.92 Å². The molecule has 1 nitrogen and oxygen atoms in total. The molecule has 0 fully saturated rings. The molecule has 0 amide bonds. The molecule has 0 heterocycles. The van der Waals surface area contributed by atoms with Crippen LogP contribution in [0.3, 0.4) is 0 Å². The van der Waals surface area contributed by atoms with Crippen LogP contribution in [0.4, 0.5) is 0 Å². The molecule has 0 saturated carbocycles. The van der Waals surface area contributed by atoms with E-state index in [4.69, 9.17) is 5.26 Å². The van der Waals surface area contributed by atoms with Crippen molar-refractivity contribution in [3.05, 3.63) is 6.92 Å². The van der Waals surface area contributed by atoms with E-state index < -0.39 is 0 Å². The molecule has 0 atom stereocenters. The fraction of sp³-hybridized carbons (Fsp3) is 0. The van der Waals surface area contributed by atoms with E-state index in [9.17, 15) is 0 Å². The summed E-state index contributed by atoms with van der Waals surface area (Å²) in [6.45, 7) is 2.79. The molecular weight excluding hydrogens is 2240 g/mol. The smallest absolute Gasteiger partial charge is 0 e. The van der Waals surface area contributed by atoms with E-state index >= 15 is 0 Å². The molecule has 0 unspecified atom stereocenters. The molecule has 0 aromatic carbocycles. The molecule has 0 saturated heterocycles. The Kier molecular flexibility index (Phi) is 942. The second kappa shape index (κ2) is 124. The van der Waals surface area contributed by atoms with Crippen LogP contribution in [0, 0.1) is 18.3 Å². The fourth-order valence-corrected chi connectivity index (χ4v) is 0. The molecule has 0 rings (SSSR count). The molecule has 0 bridgehead atoms. The first-order chi connectivity index (χ1) is 1.41. The Morgan fingerprint density at radius 1 is 0.467 bits per heavy atom. The number of nitrogens with zero attached hydrogens (tertiary/aromatic N) is 1. The molecule has 0 aliphatic carbocycles. The molecule has 0 spiro atoms. The van der Waals surface area contributed by atoms with Gasteiger partial charge in [-0.25, -0.2) is 5.26 Å². The monoisotopic (exact) mass is 2250 g/mol. The van der Waals surface area contributed by atoms with Crippen molar-refractivity contribution in [3.63, 3.8) is 0 Å². The van der Waals surface area contributed by atoms with E-state index in [0.29, 0.717) is 0 Å². The minimum atomic E-state index is 0. The van der Waals surface area contributed by atoms with Gasteiger partial charge >= 0.3 is 0 Å². The Labute approximate surface area is 264 Å². The van der Waals surface area contributed by atoms with Crippen molar-refractivity contribution < 1.29 is 253 Å². The second-order valence-electron chi connectivity index (χ2n) is 0.158. The molecule has 0 aromatic heterocycles. The predicted octanol–water partition coefficient (Wildman–Crippen LogP) is 0.314. The van der Waals surface area contributed by atoms with Gasteiger partial charge in [0.1, 0.15) is 0 Å².